The third-order valence-electron chi connectivity index (χ3n) is 3.57. The molecule has 0 aromatic heterocycles. The van der Waals surface area contributed by atoms with Gasteiger partial charge in [-0.2, -0.15) is 0 Å². The number of benzene rings is 2. The molecule has 3 N–H and O–H groups in total. The van der Waals surface area contributed by atoms with Crippen LogP contribution < -0.4 is 5.73 Å². The highest BCUT2D eigenvalue weighted by atomic mass is 35.5. The molecule has 0 saturated heterocycles. The Kier molecular flexibility index (Phi) is 5.53. The number of hydrogen-bond donors (Lipinski definition) is 2. The number of rotatable bonds is 4. The van der Waals surface area contributed by atoms with Crippen molar-refractivity contribution in [1.29, 1.82) is 0 Å². The lowest BCUT2D eigenvalue weighted by Gasteiger charge is -2.24. The molecule has 0 spiro atoms. The molecule has 0 radical (unpaired) electrons. The van der Waals surface area contributed by atoms with Crippen LogP contribution in [0, 0.1) is 6.92 Å². The Morgan fingerprint density at radius 1 is 1.05 bits per heavy atom. The van der Waals surface area contributed by atoms with Crippen molar-refractivity contribution in [2.24, 2.45) is 5.73 Å². The molecule has 0 heterocycles. The zero-order valence-electron chi connectivity index (χ0n) is 11.5. The molecule has 0 bridgehead atoms. The predicted octanol–water partition coefficient (Wildman–Crippen LogP) is 4.73. The average Bonchev–Trinajstić information content (AvgIpc) is 2.46. The lowest BCUT2D eigenvalue weighted by atomic mass is 9.87. The Labute approximate surface area is 139 Å². The fourth-order valence-electron chi connectivity index (χ4n) is 2.34. The summed E-state index contributed by atoms with van der Waals surface area (Å²) < 4.78 is 0. The second-order valence-electron chi connectivity index (χ2n) is 4.96. The van der Waals surface area contributed by atoms with Gasteiger partial charge in [0.15, 0.2) is 0 Å². The topological polar surface area (TPSA) is 46.2 Å². The van der Waals surface area contributed by atoms with Crippen molar-refractivity contribution < 1.29 is 5.11 Å². The van der Waals surface area contributed by atoms with E-state index in [2.05, 4.69) is 0 Å². The molecule has 0 aliphatic heterocycles. The lowest BCUT2D eigenvalue weighted by molar-refractivity contribution is 0.147. The van der Waals surface area contributed by atoms with Crippen molar-refractivity contribution in [2.45, 2.75) is 18.9 Å². The molecule has 0 amide bonds. The number of aryl methyl sites for hydroxylation is 1. The molecule has 2 atom stereocenters. The van der Waals surface area contributed by atoms with Crippen molar-refractivity contribution in [3.05, 3.63) is 68.2 Å². The van der Waals surface area contributed by atoms with Gasteiger partial charge >= 0.3 is 0 Å². The molecular weight excluding hydrogens is 329 g/mol. The van der Waals surface area contributed by atoms with Crippen molar-refractivity contribution >= 4 is 34.8 Å². The Morgan fingerprint density at radius 3 is 2.38 bits per heavy atom. The molecule has 2 aromatic rings. The molecule has 0 saturated carbocycles. The van der Waals surface area contributed by atoms with Crippen LogP contribution in [-0.2, 0) is 0 Å². The van der Waals surface area contributed by atoms with Gasteiger partial charge in [-0.05, 0) is 47.9 Å². The number of aliphatic hydroxyl groups excluding tert-OH is 1. The van der Waals surface area contributed by atoms with Crippen LogP contribution in [0.4, 0.5) is 0 Å². The van der Waals surface area contributed by atoms with Gasteiger partial charge in [0.2, 0.25) is 0 Å². The summed E-state index contributed by atoms with van der Waals surface area (Å²) in [6, 6.07) is 10.7. The summed E-state index contributed by atoms with van der Waals surface area (Å²) >= 11 is 18.0. The van der Waals surface area contributed by atoms with E-state index >= 15 is 0 Å². The van der Waals surface area contributed by atoms with Gasteiger partial charge in [-0.25, -0.2) is 0 Å². The molecule has 0 aliphatic rings. The maximum atomic E-state index is 10.7. The minimum Gasteiger partial charge on any atom is -0.388 e. The maximum absolute atomic E-state index is 10.7. The molecule has 112 valence electrons. The fourth-order valence-corrected chi connectivity index (χ4v) is 2.82. The average molecular weight is 345 g/mol. The third kappa shape index (κ3) is 3.71. The van der Waals surface area contributed by atoms with Crippen LogP contribution in [-0.4, -0.2) is 11.7 Å². The van der Waals surface area contributed by atoms with Crippen molar-refractivity contribution in [3.8, 4) is 0 Å². The third-order valence-corrected chi connectivity index (χ3v) is 4.54. The van der Waals surface area contributed by atoms with Crippen molar-refractivity contribution in [2.75, 3.05) is 6.54 Å². The fraction of sp³-hybridized carbons (Fsp3) is 0.250. The molecule has 0 aliphatic carbocycles. The molecule has 0 fully saturated rings. The number of aliphatic hydroxyl groups is 1. The van der Waals surface area contributed by atoms with Crippen LogP contribution in [0.5, 0.6) is 0 Å². The Balaban J connectivity index is 2.40. The normalized spacial score (nSPS) is 14.0. The van der Waals surface area contributed by atoms with E-state index in [9.17, 15) is 5.11 Å². The standard InChI is InChI=1S/C16H16Cl3NO/c1-9-2-4-11(17)7-12(9)16(21)13(8-20)10-3-5-14(18)15(19)6-10/h2-7,13,16,21H,8,20H2,1H3. The molecule has 2 nitrogen and oxygen atoms in total. The van der Waals surface area contributed by atoms with Crippen LogP contribution in [0.2, 0.25) is 15.1 Å². The van der Waals surface area contributed by atoms with Gasteiger partial charge in [0, 0.05) is 17.5 Å². The first kappa shape index (κ1) is 16.6. The largest absolute Gasteiger partial charge is 0.388 e. The lowest BCUT2D eigenvalue weighted by Crippen LogP contribution is -2.20. The predicted molar refractivity (Wildman–Crippen MR) is 89.4 cm³/mol. The van der Waals surface area contributed by atoms with E-state index in [1.54, 1.807) is 24.3 Å². The molecule has 2 rings (SSSR count). The maximum Gasteiger partial charge on any atom is 0.0873 e. The second-order valence-corrected chi connectivity index (χ2v) is 6.21. The van der Waals surface area contributed by atoms with Crippen molar-refractivity contribution in [3.63, 3.8) is 0 Å². The Morgan fingerprint density at radius 2 is 1.76 bits per heavy atom. The van der Waals surface area contributed by atoms with E-state index in [0.717, 1.165) is 16.7 Å². The van der Waals surface area contributed by atoms with Crippen LogP contribution >= 0.6 is 34.8 Å². The smallest absolute Gasteiger partial charge is 0.0873 e. The second kappa shape index (κ2) is 6.99. The first-order valence-corrected chi connectivity index (χ1v) is 7.66. The van der Waals surface area contributed by atoms with Gasteiger partial charge in [0.25, 0.3) is 0 Å². The summed E-state index contributed by atoms with van der Waals surface area (Å²) in [6.45, 7) is 2.21. The van der Waals surface area contributed by atoms with Crippen molar-refractivity contribution in [1.82, 2.24) is 0 Å². The van der Waals surface area contributed by atoms with Gasteiger partial charge < -0.3 is 10.8 Å². The molecular formula is C16H16Cl3NO. The summed E-state index contributed by atoms with van der Waals surface area (Å²) in [6.07, 6.45) is -0.758. The SMILES string of the molecule is Cc1ccc(Cl)cc1C(O)C(CN)c1ccc(Cl)c(Cl)c1. The highest BCUT2D eigenvalue weighted by molar-refractivity contribution is 6.42. The molecule has 21 heavy (non-hydrogen) atoms. The summed E-state index contributed by atoms with van der Waals surface area (Å²) in [5.41, 5.74) is 8.43. The van der Waals surface area contributed by atoms with E-state index < -0.39 is 6.10 Å². The number of halogens is 3. The summed E-state index contributed by atoms with van der Waals surface area (Å²) in [5, 5.41) is 12.2. The first-order chi connectivity index (χ1) is 9.93. The Bertz CT molecular complexity index is 645. The van der Waals surface area contributed by atoms with E-state index in [-0.39, 0.29) is 12.5 Å². The van der Waals surface area contributed by atoms with Gasteiger partial charge in [0.1, 0.15) is 0 Å². The van der Waals surface area contributed by atoms with E-state index in [1.807, 2.05) is 19.1 Å². The van der Waals surface area contributed by atoms with Gasteiger partial charge in [-0.3, -0.25) is 0 Å². The molecule has 5 heteroatoms. The Hall–Kier alpha value is -0.770. The highest BCUT2D eigenvalue weighted by Gasteiger charge is 2.23. The minimum atomic E-state index is -0.758. The summed E-state index contributed by atoms with van der Waals surface area (Å²) in [7, 11) is 0. The van der Waals surface area contributed by atoms with Gasteiger partial charge in [-0.1, -0.05) is 46.9 Å². The van der Waals surface area contributed by atoms with Gasteiger partial charge in [0.05, 0.1) is 16.1 Å². The van der Waals surface area contributed by atoms with E-state index in [0.29, 0.717) is 15.1 Å². The van der Waals surface area contributed by atoms with Crippen LogP contribution in [0.15, 0.2) is 36.4 Å². The molecule has 2 unspecified atom stereocenters. The zero-order chi connectivity index (χ0) is 15.6. The zero-order valence-corrected chi connectivity index (χ0v) is 13.8. The van der Waals surface area contributed by atoms with E-state index in [1.165, 1.54) is 0 Å². The monoisotopic (exact) mass is 343 g/mol. The number of hydrogen-bond acceptors (Lipinski definition) is 2. The first-order valence-electron chi connectivity index (χ1n) is 6.53. The highest BCUT2D eigenvalue weighted by Crippen LogP contribution is 2.35. The summed E-state index contributed by atoms with van der Waals surface area (Å²) in [4.78, 5) is 0. The molecule has 2 aromatic carbocycles. The number of nitrogens with two attached hydrogens (primary N) is 1. The van der Waals surface area contributed by atoms with Crippen LogP contribution in [0.3, 0.4) is 0 Å². The summed E-state index contributed by atoms with van der Waals surface area (Å²) in [5.74, 6) is -0.281. The van der Waals surface area contributed by atoms with Crippen LogP contribution in [0.1, 0.15) is 28.7 Å². The van der Waals surface area contributed by atoms with E-state index in [4.69, 9.17) is 40.5 Å². The van der Waals surface area contributed by atoms with Gasteiger partial charge in [-0.15, -0.1) is 0 Å². The van der Waals surface area contributed by atoms with Crippen LogP contribution in [0.25, 0.3) is 0 Å². The minimum absolute atomic E-state index is 0.281. The quantitative estimate of drug-likeness (QED) is 0.842.